The molecule has 1 aromatic carbocycles. The van der Waals surface area contributed by atoms with Gasteiger partial charge in [-0.3, -0.25) is 4.79 Å². The molecule has 0 saturated carbocycles. The summed E-state index contributed by atoms with van der Waals surface area (Å²) in [5.41, 5.74) is 5.00. The van der Waals surface area contributed by atoms with Crippen LogP contribution in [0.25, 0.3) is 0 Å². The number of benzene rings is 1. The van der Waals surface area contributed by atoms with Gasteiger partial charge in [0, 0.05) is 49.1 Å². The number of Topliss-reactive ketones (excluding diaryl/α,β-unsaturated/α-hetero) is 1. The van der Waals surface area contributed by atoms with Crippen LogP contribution < -0.4 is 10.2 Å². The third-order valence-electron chi connectivity index (χ3n) is 5.08. The van der Waals surface area contributed by atoms with Crippen molar-refractivity contribution in [1.29, 1.82) is 0 Å². The standard InChI is InChI=1S/C22H28N2O3/c1-13(2)27-22(26)19-14(3)23-17-7-6-8-18(25)21(17)20(19)15-9-11-16(12-10-15)24(4)5/h9-13,20,23H,6-8H2,1-5H3. The highest BCUT2D eigenvalue weighted by Crippen LogP contribution is 2.42. The Morgan fingerprint density at radius 3 is 2.44 bits per heavy atom. The van der Waals surface area contributed by atoms with Gasteiger partial charge < -0.3 is 15.0 Å². The first-order chi connectivity index (χ1) is 12.8. The van der Waals surface area contributed by atoms with E-state index < -0.39 is 0 Å². The molecule has 1 aromatic rings. The minimum atomic E-state index is -0.378. The fraction of sp³-hybridized carbons (Fsp3) is 0.455. The van der Waals surface area contributed by atoms with E-state index in [0.717, 1.165) is 41.1 Å². The first-order valence-electron chi connectivity index (χ1n) is 9.52. The average Bonchev–Trinajstić information content (AvgIpc) is 2.60. The van der Waals surface area contributed by atoms with E-state index in [-0.39, 0.29) is 23.8 Å². The van der Waals surface area contributed by atoms with E-state index in [0.29, 0.717) is 12.0 Å². The van der Waals surface area contributed by atoms with Crippen LogP contribution in [0.15, 0.2) is 46.8 Å². The number of carbonyl (C=O) groups is 2. The fourth-order valence-corrected chi connectivity index (χ4v) is 3.83. The molecule has 2 aliphatic rings. The third-order valence-corrected chi connectivity index (χ3v) is 5.08. The predicted molar refractivity (Wildman–Crippen MR) is 106 cm³/mol. The smallest absolute Gasteiger partial charge is 0.337 e. The van der Waals surface area contributed by atoms with E-state index in [1.54, 1.807) is 0 Å². The molecule has 1 aliphatic heterocycles. The maximum absolute atomic E-state index is 12.9. The van der Waals surface area contributed by atoms with Crippen LogP contribution in [0.3, 0.4) is 0 Å². The minimum Gasteiger partial charge on any atom is -0.460 e. The number of ether oxygens (including phenoxy) is 1. The summed E-state index contributed by atoms with van der Waals surface area (Å²) in [7, 11) is 3.97. The maximum atomic E-state index is 12.9. The van der Waals surface area contributed by atoms with Gasteiger partial charge in [0.2, 0.25) is 0 Å². The lowest BCUT2D eigenvalue weighted by atomic mass is 9.75. The lowest BCUT2D eigenvalue weighted by molar-refractivity contribution is -0.143. The van der Waals surface area contributed by atoms with Crippen molar-refractivity contribution in [2.45, 2.75) is 52.1 Å². The molecule has 1 heterocycles. The monoisotopic (exact) mass is 368 g/mol. The number of esters is 1. The molecule has 0 saturated heterocycles. The van der Waals surface area contributed by atoms with Crippen LogP contribution in [-0.2, 0) is 14.3 Å². The van der Waals surface area contributed by atoms with Crippen molar-refractivity contribution in [1.82, 2.24) is 5.32 Å². The minimum absolute atomic E-state index is 0.118. The SMILES string of the molecule is CC1=C(C(=O)OC(C)C)C(c2ccc(N(C)C)cc2)C2=C(CCCC2=O)N1. The normalized spacial score (nSPS) is 19.8. The van der Waals surface area contributed by atoms with E-state index >= 15 is 0 Å². The number of nitrogens with one attached hydrogen (secondary N) is 1. The molecule has 1 N–H and O–H groups in total. The van der Waals surface area contributed by atoms with Crippen molar-refractivity contribution < 1.29 is 14.3 Å². The zero-order valence-electron chi connectivity index (χ0n) is 16.8. The summed E-state index contributed by atoms with van der Waals surface area (Å²) in [5.74, 6) is -0.620. The van der Waals surface area contributed by atoms with Crippen LogP contribution >= 0.6 is 0 Å². The van der Waals surface area contributed by atoms with Crippen LogP contribution in [0.2, 0.25) is 0 Å². The van der Waals surface area contributed by atoms with Gasteiger partial charge >= 0.3 is 5.97 Å². The van der Waals surface area contributed by atoms with Gasteiger partial charge in [0.15, 0.2) is 5.78 Å². The number of hydrogen-bond acceptors (Lipinski definition) is 5. The molecule has 3 rings (SSSR count). The van der Waals surface area contributed by atoms with Crippen LogP contribution in [-0.4, -0.2) is 32.0 Å². The molecule has 5 nitrogen and oxygen atoms in total. The van der Waals surface area contributed by atoms with Gasteiger partial charge in [-0.1, -0.05) is 12.1 Å². The Kier molecular flexibility index (Phi) is 5.40. The van der Waals surface area contributed by atoms with E-state index in [2.05, 4.69) is 5.32 Å². The summed E-state index contributed by atoms with van der Waals surface area (Å²) < 4.78 is 5.51. The van der Waals surface area contributed by atoms with Crippen LogP contribution in [0.4, 0.5) is 5.69 Å². The molecule has 0 bridgehead atoms. The van der Waals surface area contributed by atoms with Crippen molar-refractivity contribution in [3.63, 3.8) is 0 Å². The van der Waals surface area contributed by atoms with Crippen LogP contribution in [0.1, 0.15) is 51.5 Å². The van der Waals surface area contributed by atoms with E-state index in [4.69, 9.17) is 4.74 Å². The molecule has 0 spiro atoms. The van der Waals surface area contributed by atoms with E-state index in [1.165, 1.54) is 0 Å². The molecule has 0 radical (unpaired) electrons. The Bertz CT molecular complexity index is 816. The molecule has 144 valence electrons. The van der Waals surface area contributed by atoms with Gasteiger partial charge in [0.1, 0.15) is 0 Å². The quantitative estimate of drug-likeness (QED) is 0.822. The molecule has 1 atom stereocenters. The summed E-state index contributed by atoms with van der Waals surface area (Å²) in [5, 5.41) is 3.31. The molecule has 5 heteroatoms. The molecular formula is C22H28N2O3. The summed E-state index contributed by atoms with van der Waals surface area (Å²) in [6, 6.07) is 8.05. The molecule has 0 aromatic heterocycles. The number of anilines is 1. The summed E-state index contributed by atoms with van der Waals surface area (Å²) in [4.78, 5) is 27.7. The number of allylic oxidation sites excluding steroid dienone is 3. The summed E-state index contributed by atoms with van der Waals surface area (Å²) in [6.07, 6.45) is 1.98. The van der Waals surface area contributed by atoms with Gasteiger partial charge in [-0.05, 0) is 51.3 Å². The summed E-state index contributed by atoms with van der Waals surface area (Å²) >= 11 is 0. The van der Waals surface area contributed by atoms with Gasteiger partial charge in [0.25, 0.3) is 0 Å². The topological polar surface area (TPSA) is 58.6 Å². The molecule has 0 fully saturated rings. The third kappa shape index (κ3) is 3.77. The second-order valence-corrected chi connectivity index (χ2v) is 7.71. The first kappa shape index (κ1) is 19.2. The Hall–Kier alpha value is -2.56. The molecule has 1 unspecified atom stereocenters. The van der Waals surface area contributed by atoms with Gasteiger partial charge in [-0.2, -0.15) is 0 Å². The van der Waals surface area contributed by atoms with Crippen molar-refractivity contribution in [2.75, 3.05) is 19.0 Å². The number of carbonyl (C=O) groups excluding carboxylic acids is 2. The Morgan fingerprint density at radius 2 is 1.85 bits per heavy atom. The van der Waals surface area contributed by atoms with Crippen molar-refractivity contribution in [3.05, 3.63) is 52.4 Å². The highest BCUT2D eigenvalue weighted by molar-refractivity contribution is 6.03. The van der Waals surface area contributed by atoms with E-state index in [1.807, 2.05) is 64.0 Å². The van der Waals surface area contributed by atoms with Crippen molar-refractivity contribution in [2.24, 2.45) is 0 Å². The first-order valence-corrected chi connectivity index (χ1v) is 9.52. The number of nitrogens with zero attached hydrogens (tertiary/aromatic N) is 1. The van der Waals surface area contributed by atoms with Gasteiger partial charge in [-0.15, -0.1) is 0 Å². The number of rotatable bonds is 4. The Balaban J connectivity index is 2.11. The largest absolute Gasteiger partial charge is 0.460 e. The maximum Gasteiger partial charge on any atom is 0.337 e. The zero-order valence-corrected chi connectivity index (χ0v) is 16.8. The Labute approximate surface area is 161 Å². The second kappa shape index (κ2) is 7.59. The van der Waals surface area contributed by atoms with Crippen LogP contribution in [0.5, 0.6) is 0 Å². The predicted octanol–water partition coefficient (Wildman–Crippen LogP) is 3.67. The van der Waals surface area contributed by atoms with E-state index in [9.17, 15) is 9.59 Å². The molecule has 1 aliphatic carbocycles. The van der Waals surface area contributed by atoms with Gasteiger partial charge in [-0.25, -0.2) is 4.79 Å². The fourth-order valence-electron chi connectivity index (χ4n) is 3.83. The highest BCUT2D eigenvalue weighted by atomic mass is 16.5. The average molecular weight is 368 g/mol. The van der Waals surface area contributed by atoms with Crippen molar-refractivity contribution >= 4 is 17.4 Å². The number of dihydropyridines is 1. The highest BCUT2D eigenvalue weighted by Gasteiger charge is 2.39. The Morgan fingerprint density at radius 1 is 1.19 bits per heavy atom. The molecular weight excluding hydrogens is 340 g/mol. The molecule has 0 amide bonds. The number of ketones is 1. The lowest BCUT2D eigenvalue weighted by Gasteiger charge is -2.34. The van der Waals surface area contributed by atoms with Crippen LogP contribution in [0, 0.1) is 0 Å². The van der Waals surface area contributed by atoms with Gasteiger partial charge in [0.05, 0.1) is 11.7 Å². The molecule has 27 heavy (non-hydrogen) atoms. The number of hydrogen-bond donors (Lipinski definition) is 1. The van der Waals surface area contributed by atoms with Crippen molar-refractivity contribution in [3.8, 4) is 0 Å². The lowest BCUT2D eigenvalue weighted by Crippen LogP contribution is -2.34. The summed E-state index contributed by atoms with van der Waals surface area (Å²) in [6.45, 7) is 5.56. The second-order valence-electron chi connectivity index (χ2n) is 7.71. The zero-order chi connectivity index (χ0) is 19.7.